The van der Waals surface area contributed by atoms with Gasteiger partial charge in [0.2, 0.25) is 5.95 Å². The monoisotopic (exact) mass is 328 g/mol. The number of ether oxygens (including phenoxy) is 1. The number of imidazole rings is 1. The zero-order valence-corrected chi connectivity index (χ0v) is 12.4. The van der Waals surface area contributed by atoms with Crippen LogP contribution in [-0.4, -0.2) is 71.5 Å². The second-order valence-corrected chi connectivity index (χ2v) is 4.84. The maximum absolute atomic E-state index is 9.99. The minimum atomic E-state index is -1.23. The molecule has 3 heterocycles. The fourth-order valence-electron chi connectivity index (χ4n) is 2.25. The highest BCUT2D eigenvalue weighted by Crippen LogP contribution is 2.31. The van der Waals surface area contributed by atoms with Crippen LogP contribution in [0.2, 0.25) is 0 Å². The van der Waals surface area contributed by atoms with Crippen LogP contribution in [0.1, 0.15) is 13.2 Å². The van der Waals surface area contributed by atoms with Crippen molar-refractivity contribution in [3.05, 3.63) is 6.33 Å². The molecule has 11 nitrogen and oxygen atoms in total. The Morgan fingerprint density at radius 1 is 1.22 bits per heavy atom. The summed E-state index contributed by atoms with van der Waals surface area (Å²) in [6.45, 7) is 1.51. The summed E-state index contributed by atoms with van der Waals surface area (Å²) in [7, 11) is 0. The van der Waals surface area contributed by atoms with Gasteiger partial charge in [-0.2, -0.15) is 9.97 Å². The van der Waals surface area contributed by atoms with Crippen LogP contribution in [0.25, 0.3) is 11.2 Å². The van der Waals surface area contributed by atoms with Gasteiger partial charge in [-0.15, -0.1) is 0 Å². The van der Waals surface area contributed by atoms with Crippen LogP contribution < -0.4 is 11.5 Å². The average Bonchev–Trinajstić information content (AvgIpc) is 3.03. The average molecular weight is 328 g/mol. The van der Waals surface area contributed by atoms with Crippen molar-refractivity contribution in [2.24, 2.45) is 0 Å². The number of aliphatic hydroxyl groups excluding tert-OH is 4. The van der Waals surface area contributed by atoms with E-state index in [4.69, 9.17) is 26.4 Å². The molecule has 1 saturated heterocycles. The van der Waals surface area contributed by atoms with Crippen molar-refractivity contribution in [2.45, 2.75) is 31.5 Å². The third kappa shape index (κ3) is 3.18. The Morgan fingerprint density at radius 3 is 2.43 bits per heavy atom. The molecule has 1 aliphatic heterocycles. The van der Waals surface area contributed by atoms with Gasteiger partial charge in [0.1, 0.15) is 23.8 Å². The van der Waals surface area contributed by atoms with E-state index in [1.807, 2.05) is 0 Å². The smallest absolute Gasteiger partial charge is 0.224 e. The highest BCUT2D eigenvalue weighted by Gasteiger charge is 2.44. The lowest BCUT2D eigenvalue weighted by atomic mass is 10.1. The number of anilines is 2. The molecule has 0 amide bonds. The number of nitrogens with two attached hydrogens (primary N) is 2. The van der Waals surface area contributed by atoms with Gasteiger partial charge < -0.3 is 36.6 Å². The lowest BCUT2D eigenvalue weighted by molar-refractivity contribution is -0.0511. The van der Waals surface area contributed by atoms with Gasteiger partial charge in [-0.3, -0.25) is 4.57 Å². The Hall–Kier alpha value is -2.05. The third-order valence-corrected chi connectivity index (χ3v) is 3.26. The summed E-state index contributed by atoms with van der Waals surface area (Å²) in [5.74, 6) is 0.0708. The van der Waals surface area contributed by atoms with Gasteiger partial charge >= 0.3 is 0 Å². The first-order chi connectivity index (χ1) is 10.9. The largest absolute Gasteiger partial charge is 0.397 e. The molecule has 0 radical (unpaired) electrons. The van der Waals surface area contributed by atoms with E-state index in [0.29, 0.717) is 5.52 Å². The molecule has 8 N–H and O–H groups in total. The molecule has 2 aromatic heterocycles. The molecule has 4 unspecified atom stereocenters. The summed E-state index contributed by atoms with van der Waals surface area (Å²) in [6.07, 6.45) is -2.92. The first-order valence-electron chi connectivity index (χ1n) is 6.93. The van der Waals surface area contributed by atoms with Gasteiger partial charge in [-0.25, -0.2) is 4.98 Å². The molecule has 1 aliphatic rings. The quantitative estimate of drug-likeness (QED) is 0.347. The van der Waals surface area contributed by atoms with Crippen LogP contribution in [-0.2, 0) is 4.74 Å². The molecular formula is C12H20N6O5. The molecule has 2 aromatic rings. The summed E-state index contributed by atoms with van der Waals surface area (Å²) < 4.78 is 6.79. The van der Waals surface area contributed by atoms with E-state index >= 15 is 0 Å². The summed E-state index contributed by atoms with van der Waals surface area (Å²) in [4.78, 5) is 11.8. The lowest BCUT2D eigenvalue weighted by Gasteiger charge is -2.16. The normalized spacial score (nSPS) is 27.0. The second-order valence-electron chi connectivity index (χ2n) is 4.84. The van der Waals surface area contributed by atoms with Gasteiger partial charge in [0.15, 0.2) is 17.7 Å². The van der Waals surface area contributed by atoms with Crippen molar-refractivity contribution < 1.29 is 25.2 Å². The summed E-state index contributed by atoms with van der Waals surface area (Å²) >= 11 is 0. The van der Waals surface area contributed by atoms with Crippen LogP contribution in [0.15, 0.2) is 6.33 Å². The molecule has 4 atom stereocenters. The molecule has 3 rings (SSSR count). The highest BCUT2D eigenvalue weighted by atomic mass is 16.6. The molecule has 23 heavy (non-hydrogen) atoms. The maximum atomic E-state index is 9.99. The Bertz CT molecular complexity index is 665. The van der Waals surface area contributed by atoms with Crippen molar-refractivity contribution in [2.75, 3.05) is 24.7 Å². The van der Waals surface area contributed by atoms with E-state index < -0.39 is 31.1 Å². The molecule has 0 aliphatic carbocycles. The van der Waals surface area contributed by atoms with E-state index in [1.165, 1.54) is 10.9 Å². The van der Waals surface area contributed by atoms with Gasteiger partial charge in [0, 0.05) is 6.61 Å². The minimum Gasteiger partial charge on any atom is -0.397 e. The van der Waals surface area contributed by atoms with Crippen molar-refractivity contribution in [1.29, 1.82) is 0 Å². The van der Waals surface area contributed by atoms with Crippen LogP contribution in [0.4, 0.5) is 11.8 Å². The second kappa shape index (κ2) is 7.02. The predicted octanol–water partition coefficient (Wildman–Crippen LogP) is -2.40. The Kier molecular flexibility index (Phi) is 5.28. The van der Waals surface area contributed by atoms with Crippen molar-refractivity contribution in [3.63, 3.8) is 0 Å². The third-order valence-electron chi connectivity index (χ3n) is 3.26. The minimum absolute atomic E-state index is 0.0384. The van der Waals surface area contributed by atoms with Crippen molar-refractivity contribution in [3.8, 4) is 0 Å². The number of rotatable bonds is 2. The van der Waals surface area contributed by atoms with Crippen molar-refractivity contribution in [1.82, 2.24) is 19.5 Å². The van der Waals surface area contributed by atoms with Crippen LogP contribution >= 0.6 is 0 Å². The summed E-state index contributed by atoms with van der Waals surface area (Å²) in [5.41, 5.74) is 11.8. The topological polar surface area (TPSA) is 186 Å². The Morgan fingerprint density at radius 2 is 1.87 bits per heavy atom. The van der Waals surface area contributed by atoms with Crippen molar-refractivity contribution >= 4 is 22.9 Å². The van der Waals surface area contributed by atoms with E-state index in [1.54, 1.807) is 6.92 Å². The van der Waals surface area contributed by atoms with E-state index in [2.05, 4.69) is 15.0 Å². The predicted molar refractivity (Wildman–Crippen MR) is 79.9 cm³/mol. The zero-order chi connectivity index (χ0) is 17.1. The Labute approximate surface area is 131 Å². The highest BCUT2D eigenvalue weighted by molar-refractivity contribution is 5.82. The molecule has 0 saturated carbocycles. The van der Waals surface area contributed by atoms with E-state index in [0.717, 1.165) is 0 Å². The summed E-state index contributed by atoms with van der Waals surface area (Å²) in [5, 5.41) is 36.4. The standard InChI is InChI=1S/C10H14N6O4.C2H6O/c11-7-4-8(15-10(12)14-7)16(2-13-4)9-6(19)5(18)3(1-17)20-9;1-2-3/h2-3,5-6,9,17-19H,1H2,(H4,11,12,14,15);3H,2H2,1H3. The maximum Gasteiger partial charge on any atom is 0.224 e. The number of nitrogen functional groups attached to an aromatic ring is 2. The number of fused-ring (bicyclic) bond motifs is 1. The van der Waals surface area contributed by atoms with Gasteiger partial charge in [0.25, 0.3) is 0 Å². The number of nitrogens with zero attached hydrogens (tertiary/aromatic N) is 4. The molecule has 0 spiro atoms. The number of aromatic nitrogens is 4. The van der Waals surface area contributed by atoms with Gasteiger partial charge in [-0.05, 0) is 6.92 Å². The van der Waals surface area contributed by atoms with Crippen LogP contribution in [0, 0.1) is 0 Å². The molecule has 0 aromatic carbocycles. The van der Waals surface area contributed by atoms with Gasteiger partial charge in [0.05, 0.1) is 12.9 Å². The van der Waals surface area contributed by atoms with Gasteiger partial charge in [-0.1, -0.05) is 0 Å². The van der Waals surface area contributed by atoms with Crippen LogP contribution in [0.3, 0.4) is 0 Å². The first kappa shape index (κ1) is 17.3. The molecule has 1 fully saturated rings. The van der Waals surface area contributed by atoms with E-state index in [-0.39, 0.29) is 24.0 Å². The van der Waals surface area contributed by atoms with E-state index in [9.17, 15) is 10.2 Å². The first-order valence-corrected chi connectivity index (χ1v) is 6.93. The molecular weight excluding hydrogens is 308 g/mol. The molecule has 0 bridgehead atoms. The number of hydrogen-bond acceptors (Lipinski definition) is 10. The zero-order valence-electron chi connectivity index (χ0n) is 12.4. The molecule has 11 heteroatoms. The fourth-order valence-corrected chi connectivity index (χ4v) is 2.25. The molecule has 128 valence electrons. The Balaban J connectivity index is 0.000000595. The SMILES string of the molecule is CCO.Nc1nc(N)c2ncn(C3OC(CO)C(O)C3O)c2n1. The number of hydrogen-bond donors (Lipinski definition) is 6. The lowest BCUT2D eigenvalue weighted by Crippen LogP contribution is -2.33. The summed E-state index contributed by atoms with van der Waals surface area (Å²) in [6, 6.07) is 0. The fraction of sp³-hybridized carbons (Fsp3) is 0.583. The van der Waals surface area contributed by atoms with Crippen LogP contribution in [0.5, 0.6) is 0 Å². The number of aliphatic hydroxyl groups is 4.